The van der Waals surface area contributed by atoms with Gasteiger partial charge in [-0.2, -0.15) is 5.26 Å². The average Bonchev–Trinajstić information content (AvgIpc) is 3.36. The Bertz CT molecular complexity index is 1210. The summed E-state index contributed by atoms with van der Waals surface area (Å²) < 4.78 is 10.3. The number of ether oxygens (including phenoxy) is 1. The van der Waals surface area contributed by atoms with Gasteiger partial charge in [-0.1, -0.05) is 23.9 Å². The van der Waals surface area contributed by atoms with Crippen molar-refractivity contribution >= 4 is 35.1 Å². The van der Waals surface area contributed by atoms with Crippen LogP contribution in [0.1, 0.15) is 41.3 Å². The molecule has 0 radical (unpaired) electrons. The number of furan rings is 1. The molecule has 0 fully saturated rings. The van der Waals surface area contributed by atoms with Crippen molar-refractivity contribution in [3.63, 3.8) is 0 Å². The maximum atomic E-state index is 12.7. The molecule has 9 heteroatoms. The molecular weight excluding hydrogens is 442 g/mol. The van der Waals surface area contributed by atoms with Gasteiger partial charge in [-0.3, -0.25) is 9.59 Å². The fraction of sp³-hybridized carbons (Fsp3) is 0.250. The number of anilines is 1. The lowest BCUT2D eigenvalue weighted by molar-refractivity contribution is -0.116. The number of rotatable bonds is 6. The van der Waals surface area contributed by atoms with E-state index in [1.54, 1.807) is 36.4 Å². The lowest BCUT2D eigenvalue weighted by atomic mass is 9.79. The smallest absolute Gasteiger partial charge is 0.339 e. The number of carbonyl (C=O) groups is 3. The summed E-state index contributed by atoms with van der Waals surface area (Å²) in [4.78, 5) is 37.3. The van der Waals surface area contributed by atoms with E-state index in [1.807, 2.05) is 0 Å². The molecule has 0 spiro atoms. The Labute approximate surface area is 194 Å². The Hall–Kier alpha value is -3.77. The first kappa shape index (κ1) is 22.4. The number of thioether (sulfide) groups is 1. The summed E-state index contributed by atoms with van der Waals surface area (Å²) in [5.74, 6) is -0.990. The summed E-state index contributed by atoms with van der Waals surface area (Å²) in [6, 6.07) is 12.2. The highest BCUT2D eigenvalue weighted by Gasteiger charge is 2.38. The second-order valence-corrected chi connectivity index (χ2v) is 8.46. The van der Waals surface area contributed by atoms with Crippen LogP contribution in [0.5, 0.6) is 0 Å². The summed E-state index contributed by atoms with van der Waals surface area (Å²) in [5, 5.41) is 16.4. The molecule has 33 heavy (non-hydrogen) atoms. The number of amides is 1. The fourth-order valence-corrected chi connectivity index (χ4v) is 4.84. The first-order valence-electron chi connectivity index (χ1n) is 10.3. The zero-order valence-electron chi connectivity index (χ0n) is 17.8. The second-order valence-electron chi connectivity index (χ2n) is 7.47. The van der Waals surface area contributed by atoms with Gasteiger partial charge >= 0.3 is 5.97 Å². The van der Waals surface area contributed by atoms with Gasteiger partial charge in [-0.15, -0.1) is 0 Å². The number of nitriles is 1. The van der Waals surface area contributed by atoms with Crippen LogP contribution in [0.15, 0.2) is 69.0 Å². The van der Waals surface area contributed by atoms with Gasteiger partial charge in [0.25, 0.3) is 0 Å². The van der Waals surface area contributed by atoms with E-state index >= 15 is 0 Å². The van der Waals surface area contributed by atoms with Crippen molar-refractivity contribution < 1.29 is 23.5 Å². The lowest BCUT2D eigenvalue weighted by Gasteiger charge is -2.32. The molecule has 4 rings (SSSR count). The number of allylic oxidation sites excluding steroid dienone is 3. The third-order valence-corrected chi connectivity index (χ3v) is 6.46. The number of methoxy groups -OCH3 is 1. The molecule has 1 aliphatic heterocycles. The van der Waals surface area contributed by atoms with Crippen molar-refractivity contribution in [1.82, 2.24) is 5.32 Å². The van der Waals surface area contributed by atoms with Crippen LogP contribution < -0.4 is 10.6 Å². The summed E-state index contributed by atoms with van der Waals surface area (Å²) >= 11 is 1.17. The van der Waals surface area contributed by atoms with Crippen molar-refractivity contribution in [3.05, 3.63) is 75.9 Å². The molecule has 0 bridgehead atoms. The van der Waals surface area contributed by atoms with Crippen LogP contribution in [0, 0.1) is 11.3 Å². The van der Waals surface area contributed by atoms with Crippen molar-refractivity contribution in [2.45, 2.75) is 25.2 Å². The van der Waals surface area contributed by atoms with Crippen molar-refractivity contribution in [3.8, 4) is 6.07 Å². The molecule has 1 amide bonds. The molecule has 1 aromatic carbocycles. The first-order valence-corrected chi connectivity index (χ1v) is 11.3. The lowest BCUT2D eigenvalue weighted by Crippen LogP contribution is -2.31. The average molecular weight is 464 g/mol. The predicted molar refractivity (Wildman–Crippen MR) is 122 cm³/mol. The Morgan fingerprint density at radius 2 is 2.09 bits per heavy atom. The molecule has 2 aliphatic rings. The Morgan fingerprint density at radius 3 is 2.82 bits per heavy atom. The number of para-hydroxylation sites is 1. The second kappa shape index (κ2) is 9.79. The summed E-state index contributed by atoms with van der Waals surface area (Å²) in [7, 11) is 1.27. The molecule has 2 heterocycles. The number of carbonyl (C=O) groups excluding carboxylic acids is 3. The third kappa shape index (κ3) is 4.56. The topological polar surface area (TPSA) is 121 Å². The van der Waals surface area contributed by atoms with Crippen LogP contribution in [0.3, 0.4) is 0 Å². The largest absolute Gasteiger partial charge is 0.468 e. The Balaban J connectivity index is 1.56. The summed E-state index contributed by atoms with van der Waals surface area (Å²) in [5.41, 5.74) is 2.27. The number of dihydropyridines is 1. The molecule has 0 saturated heterocycles. The molecule has 1 atom stereocenters. The van der Waals surface area contributed by atoms with Gasteiger partial charge in [-0.05, 0) is 37.1 Å². The third-order valence-electron chi connectivity index (χ3n) is 5.44. The van der Waals surface area contributed by atoms with Gasteiger partial charge in [0, 0.05) is 17.7 Å². The summed E-state index contributed by atoms with van der Waals surface area (Å²) in [6.07, 6.45) is 3.35. The van der Waals surface area contributed by atoms with E-state index in [9.17, 15) is 19.6 Å². The van der Waals surface area contributed by atoms with Crippen LogP contribution in [-0.4, -0.2) is 30.5 Å². The van der Waals surface area contributed by atoms with Crippen molar-refractivity contribution in [2.24, 2.45) is 0 Å². The zero-order chi connectivity index (χ0) is 23.4. The van der Waals surface area contributed by atoms with Gasteiger partial charge in [-0.25, -0.2) is 4.79 Å². The van der Waals surface area contributed by atoms with Gasteiger partial charge < -0.3 is 19.8 Å². The molecular formula is C24H21N3O5S. The monoisotopic (exact) mass is 463 g/mol. The highest BCUT2D eigenvalue weighted by atomic mass is 32.2. The van der Waals surface area contributed by atoms with Crippen LogP contribution >= 0.6 is 11.8 Å². The number of benzene rings is 1. The van der Waals surface area contributed by atoms with Gasteiger partial charge in [0.05, 0.1) is 53.0 Å². The number of ketones is 1. The number of esters is 1. The van der Waals surface area contributed by atoms with Crippen LogP contribution in [0.4, 0.5) is 5.69 Å². The van der Waals surface area contributed by atoms with Gasteiger partial charge in [0.15, 0.2) is 5.78 Å². The summed E-state index contributed by atoms with van der Waals surface area (Å²) in [6.45, 7) is 0. The maximum Gasteiger partial charge on any atom is 0.339 e. The van der Waals surface area contributed by atoms with Crippen LogP contribution in [0.2, 0.25) is 0 Å². The van der Waals surface area contributed by atoms with Crippen LogP contribution in [-0.2, 0) is 14.3 Å². The number of nitrogens with zero attached hydrogens (tertiary/aromatic N) is 1. The standard InChI is InChI=1S/C24H21N3O5S/c1-31-24(30)14-6-2-3-7-16(14)26-20(29)13-33-23-15(12-25)21(19-10-5-11-32-19)22-17(27-23)8-4-9-18(22)28/h2-3,5-7,10-11,21,27H,4,8-9,13H2,1H3,(H,26,29)/t21-/m1/s1. The van der Waals surface area contributed by atoms with Gasteiger partial charge in [0.1, 0.15) is 5.76 Å². The number of nitrogens with one attached hydrogen (secondary N) is 2. The zero-order valence-corrected chi connectivity index (χ0v) is 18.7. The SMILES string of the molecule is COC(=O)c1ccccc1NC(=O)CSC1=C(C#N)[C@H](c2ccco2)C2=C(CCCC2=O)N1. The van der Waals surface area contributed by atoms with Crippen molar-refractivity contribution in [1.29, 1.82) is 5.26 Å². The fourth-order valence-electron chi connectivity index (χ4n) is 3.98. The molecule has 8 nitrogen and oxygen atoms in total. The maximum absolute atomic E-state index is 12.7. The van der Waals surface area contributed by atoms with Crippen LogP contribution in [0.25, 0.3) is 0 Å². The normalized spacial score (nSPS) is 17.7. The quantitative estimate of drug-likeness (QED) is 0.619. The van der Waals surface area contributed by atoms with Crippen molar-refractivity contribution in [2.75, 3.05) is 18.2 Å². The highest BCUT2D eigenvalue weighted by Crippen LogP contribution is 2.44. The minimum absolute atomic E-state index is 0.000824. The first-order chi connectivity index (χ1) is 16.0. The molecule has 0 saturated carbocycles. The molecule has 2 aromatic rings. The molecule has 1 aromatic heterocycles. The number of Topliss-reactive ketones (excluding diaryl/α,β-unsaturated/α-hetero) is 1. The molecule has 0 unspecified atom stereocenters. The number of hydrogen-bond donors (Lipinski definition) is 2. The minimum atomic E-state index is -0.598. The Kier molecular flexibility index (Phi) is 6.66. The van der Waals surface area contributed by atoms with E-state index in [0.29, 0.717) is 40.5 Å². The van der Waals surface area contributed by atoms with E-state index in [0.717, 1.165) is 12.1 Å². The van der Waals surface area contributed by atoms with E-state index in [4.69, 9.17) is 9.15 Å². The van der Waals surface area contributed by atoms with E-state index in [-0.39, 0.29) is 23.0 Å². The predicted octanol–water partition coefficient (Wildman–Crippen LogP) is 3.87. The van der Waals surface area contributed by atoms with Gasteiger partial charge in [0.2, 0.25) is 5.91 Å². The van der Waals surface area contributed by atoms with E-state index in [2.05, 4.69) is 16.7 Å². The molecule has 168 valence electrons. The van der Waals surface area contributed by atoms with E-state index < -0.39 is 11.9 Å². The molecule has 2 N–H and O–H groups in total. The number of hydrogen-bond acceptors (Lipinski definition) is 8. The highest BCUT2D eigenvalue weighted by molar-refractivity contribution is 8.03. The van der Waals surface area contributed by atoms with E-state index in [1.165, 1.54) is 25.1 Å². The molecule has 1 aliphatic carbocycles. The minimum Gasteiger partial charge on any atom is -0.468 e. The Morgan fingerprint density at radius 1 is 1.27 bits per heavy atom.